The van der Waals surface area contributed by atoms with Gasteiger partial charge in [0.2, 0.25) is 0 Å². The van der Waals surface area contributed by atoms with E-state index in [-0.39, 0.29) is 0 Å². The van der Waals surface area contributed by atoms with Gasteiger partial charge < -0.3 is 5.73 Å². The quantitative estimate of drug-likeness (QED) is 0.534. The molecule has 65 valence electrons. The van der Waals surface area contributed by atoms with Gasteiger partial charge in [0, 0.05) is 5.69 Å². The summed E-state index contributed by atoms with van der Waals surface area (Å²) in [6.45, 7) is 2.21. The van der Waals surface area contributed by atoms with Crippen molar-refractivity contribution < 1.29 is 0 Å². The van der Waals surface area contributed by atoms with Crippen LogP contribution in [0.25, 0.3) is 0 Å². The van der Waals surface area contributed by atoms with Crippen molar-refractivity contribution >= 4 is 5.69 Å². The summed E-state index contributed by atoms with van der Waals surface area (Å²) in [5.41, 5.74) is 7.76. The maximum absolute atomic E-state index is 5.63. The number of unbranched alkanes of at least 4 members (excludes halogenated alkanes) is 2. The Morgan fingerprint density at radius 1 is 1.33 bits per heavy atom. The highest BCUT2D eigenvalue weighted by Gasteiger charge is 1.92. The summed E-state index contributed by atoms with van der Waals surface area (Å²) < 4.78 is 0. The average molecular weight is 162 g/mol. The summed E-state index contributed by atoms with van der Waals surface area (Å²) in [6, 6.07) is 8.89. The lowest BCUT2D eigenvalue weighted by Crippen LogP contribution is -1.89. The zero-order chi connectivity index (χ0) is 8.81. The molecule has 1 nitrogen and oxygen atoms in total. The lowest BCUT2D eigenvalue weighted by Gasteiger charge is -2.00. The van der Waals surface area contributed by atoms with Crippen LogP contribution in [-0.2, 0) is 6.42 Å². The lowest BCUT2D eigenvalue weighted by atomic mass is 10.1. The van der Waals surface area contributed by atoms with Crippen LogP contribution in [0.4, 0.5) is 5.69 Å². The van der Waals surface area contributed by atoms with E-state index in [4.69, 9.17) is 5.73 Å². The molecule has 0 saturated carbocycles. The number of nitrogen functional groups attached to an aromatic ring is 1. The molecule has 0 aliphatic carbocycles. The number of anilines is 1. The fourth-order valence-corrected chi connectivity index (χ4v) is 1.27. The molecule has 0 aliphatic rings. The van der Waals surface area contributed by atoms with Crippen molar-refractivity contribution in [2.75, 3.05) is 5.73 Å². The first kappa shape index (κ1) is 9.11. The first-order valence-corrected chi connectivity index (χ1v) is 4.58. The van der Waals surface area contributed by atoms with E-state index < -0.39 is 0 Å². The highest BCUT2D eigenvalue weighted by atomic mass is 14.5. The highest BCUT2D eigenvalue weighted by molar-refractivity contribution is 5.39. The second-order valence-electron chi connectivity index (χ2n) is 3.13. The fraction of sp³-hybridized carbons (Fsp3) is 0.455. The Morgan fingerprint density at radius 3 is 2.83 bits per heavy atom. The van der Waals surface area contributed by atoms with Crippen LogP contribution in [0.2, 0.25) is 0 Å². The highest BCUT2D eigenvalue weighted by Crippen LogP contribution is 2.09. The molecule has 1 aromatic rings. The number of benzene rings is 1. The second kappa shape index (κ2) is 4.81. The third-order valence-electron chi connectivity index (χ3n) is 1.94. The molecule has 0 fully saturated rings. The molecule has 0 atom stereocenters. The van der Waals surface area contributed by atoms with Gasteiger partial charge in [-0.15, -0.1) is 0 Å². The minimum Gasteiger partial charge on any atom is -0.399 e. The number of rotatable bonds is 4. The van der Waals surface area contributed by atoms with Gasteiger partial charge in [0.15, 0.2) is 0 Å². The number of nitrogens with two attached hydrogens (primary N) is 1. The van der Waals surface area contributed by atoms with Gasteiger partial charge in [-0.25, -0.2) is 0 Å². The molecule has 1 aromatic carbocycles. The predicted molar refractivity (Wildman–Crippen MR) is 52.9 cm³/mol. The summed E-state index contributed by atoms with van der Waals surface area (Å²) >= 11 is 0. The van der Waals surface area contributed by atoms with E-state index in [9.17, 15) is 0 Å². The molecule has 0 spiro atoms. The summed E-state index contributed by atoms with van der Waals surface area (Å²) in [5.74, 6) is 0. The lowest BCUT2D eigenvalue weighted by molar-refractivity contribution is 0.717. The standard InChI is InChI=1S/C11H16N/c1-2-3-4-6-10-7-5-8-11(12)9-10/h7-9H,2-4,6,12H2,1H3. The molecular formula is C11H16N. The molecule has 12 heavy (non-hydrogen) atoms. The molecule has 1 radical (unpaired) electrons. The molecule has 2 N–H and O–H groups in total. The van der Waals surface area contributed by atoms with E-state index >= 15 is 0 Å². The van der Waals surface area contributed by atoms with Gasteiger partial charge in [0.25, 0.3) is 0 Å². The molecule has 0 amide bonds. The van der Waals surface area contributed by atoms with Crippen LogP contribution in [0.1, 0.15) is 31.7 Å². The summed E-state index contributed by atoms with van der Waals surface area (Å²) in [6.07, 6.45) is 4.96. The van der Waals surface area contributed by atoms with Crippen LogP contribution in [0.5, 0.6) is 0 Å². The molecule has 0 unspecified atom stereocenters. The van der Waals surface area contributed by atoms with Crippen molar-refractivity contribution in [1.29, 1.82) is 0 Å². The SMILES string of the molecule is CCCCCc1c[c]cc(N)c1. The van der Waals surface area contributed by atoms with Gasteiger partial charge in [-0.3, -0.25) is 0 Å². The van der Waals surface area contributed by atoms with Crippen LogP contribution in [0, 0.1) is 6.07 Å². The Balaban J connectivity index is 2.41. The van der Waals surface area contributed by atoms with Gasteiger partial charge in [-0.2, -0.15) is 0 Å². The zero-order valence-corrected chi connectivity index (χ0v) is 7.64. The molecule has 0 saturated heterocycles. The van der Waals surface area contributed by atoms with Gasteiger partial charge in [-0.05, 0) is 36.6 Å². The second-order valence-corrected chi connectivity index (χ2v) is 3.13. The average Bonchev–Trinajstić information content (AvgIpc) is 2.05. The zero-order valence-electron chi connectivity index (χ0n) is 7.64. The van der Waals surface area contributed by atoms with Gasteiger partial charge in [-0.1, -0.05) is 25.8 Å². The van der Waals surface area contributed by atoms with Gasteiger partial charge in [0.1, 0.15) is 0 Å². The summed E-state index contributed by atoms with van der Waals surface area (Å²) in [5, 5.41) is 0. The summed E-state index contributed by atoms with van der Waals surface area (Å²) in [7, 11) is 0. The smallest absolute Gasteiger partial charge is 0.0322 e. The van der Waals surface area contributed by atoms with Crippen LogP contribution in [0.15, 0.2) is 18.2 Å². The van der Waals surface area contributed by atoms with Crippen molar-refractivity contribution in [2.45, 2.75) is 32.6 Å². The number of aryl methyl sites for hydroxylation is 1. The Hall–Kier alpha value is -0.980. The van der Waals surface area contributed by atoms with Crippen molar-refractivity contribution in [3.05, 3.63) is 29.8 Å². The normalized spacial score (nSPS) is 10.1. The van der Waals surface area contributed by atoms with Crippen LogP contribution < -0.4 is 5.73 Å². The van der Waals surface area contributed by atoms with Crippen molar-refractivity contribution in [3.8, 4) is 0 Å². The Morgan fingerprint density at radius 2 is 2.17 bits per heavy atom. The van der Waals surface area contributed by atoms with Crippen molar-refractivity contribution in [2.24, 2.45) is 0 Å². The van der Waals surface area contributed by atoms with Crippen LogP contribution in [-0.4, -0.2) is 0 Å². The third kappa shape index (κ3) is 2.95. The molecule has 1 heteroatoms. The van der Waals surface area contributed by atoms with Crippen molar-refractivity contribution in [3.63, 3.8) is 0 Å². The maximum atomic E-state index is 5.63. The summed E-state index contributed by atoms with van der Waals surface area (Å²) in [4.78, 5) is 0. The minimum absolute atomic E-state index is 0.823. The number of hydrogen-bond donors (Lipinski definition) is 1. The Labute approximate surface area is 74.6 Å². The maximum Gasteiger partial charge on any atom is 0.0322 e. The third-order valence-corrected chi connectivity index (χ3v) is 1.94. The van der Waals surface area contributed by atoms with E-state index in [1.807, 2.05) is 18.2 Å². The molecule has 0 aromatic heterocycles. The Kier molecular flexibility index (Phi) is 3.65. The molecule has 0 bridgehead atoms. The predicted octanol–water partition coefficient (Wildman–Crippen LogP) is 2.80. The van der Waals surface area contributed by atoms with Crippen LogP contribution in [0.3, 0.4) is 0 Å². The first-order valence-electron chi connectivity index (χ1n) is 4.58. The molecule has 1 rings (SSSR count). The van der Waals surface area contributed by atoms with Crippen LogP contribution >= 0.6 is 0 Å². The topological polar surface area (TPSA) is 26.0 Å². The monoisotopic (exact) mass is 162 g/mol. The van der Waals surface area contributed by atoms with E-state index in [2.05, 4.69) is 13.0 Å². The fourth-order valence-electron chi connectivity index (χ4n) is 1.27. The minimum atomic E-state index is 0.823. The van der Waals surface area contributed by atoms with Gasteiger partial charge >= 0.3 is 0 Å². The number of hydrogen-bond acceptors (Lipinski definition) is 1. The van der Waals surface area contributed by atoms with E-state index in [1.54, 1.807) is 0 Å². The Bertz CT molecular complexity index is 230. The van der Waals surface area contributed by atoms with E-state index in [1.165, 1.54) is 24.8 Å². The van der Waals surface area contributed by atoms with Crippen molar-refractivity contribution in [1.82, 2.24) is 0 Å². The first-order chi connectivity index (χ1) is 5.83. The largest absolute Gasteiger partial charge is 0.399 e. The molecular weight excluding hydrogens is 146 g/mol. The molecule has 0 aliphatic heterocycles. The molecule has 0 heterocycles. The van der Waals surface area contributed by atoms with E-state index in [0.29, 0.717) is 0 Å². The van der Waals surface area contributed by atoms with E-state index in [0.717, 1.165) is 12.1 Å². The van der Waals surface area contributed by atoms with Gasteiger partial charge in [0.05, 0.1) is 0 Å².